The van der Waals surface area contributed by atoms with Crippen LogP contribution in [-0.4, -0.2) is 44.6 Å². The van der Waals surface area contributed by atoms with Crippen molar-refractivity contribution < 1.29 is 13.9 Å². The monoisotopic (exact) mass is 457 g/mol. The highest BCUT2D eigenvalue weighted by Gasteiger charge is 2.35. The Hall–Kier alpha value is -4.34. The molecule has 1 unspecified atom stereocenters. The molecule has 0 bridgehead atoms. The summed E-state index contributed by atoms with van der Waals surface area (Å²) in [5.74, 6) is 0.432. The fraction of sp³-hybridized carbons (Fsp3) is 0.250. The summed E-state index contributed by atoms with van der Waals surface area (Å²) in [7, 11) is 0. The summed E-state index contributed by atoms with van der Waals surface area (Å²) in [5.41, 5.74) is 18.5. The van der Waals surface area contributed by atoms with Crippen LogP contribution in [0.3, 0.4) is 0 Å². The fourth-order valence-corrected chi connectivity index (χ4v) is 4.80. The number of amides is 1. The van der Waals surface area contributed by atoms with Gasteiger partial charge in [0, 0.05) is 41.2 Å². The number of anilines is 1. The maximum atomic E-state index is 11.8. The Kier molecular flexibility index (Phi) is 4.54. The average molecular weight is 457 g/mol. The first-order valence-electron chi connectivity index (χ1n) is 11.1. The van der Waals surface area contributed by atoms with Gasteiger partial charge in [-0.3, -0.25) is 9.48 Å². The summed E-state index contributed by atoms with van der Waals surface area (Å²) in [6.45, 7) is 3.21. The highest BCUT2D eigenvalue weighted by atomic mass is 16.5. The van der Waals surface area contributed by atoms with Gasteiger partial charge in [-0.05, 0) is 36.6 Å². The number of allylic oxidation sites excluding steroid dienone is 1. The van der Waals surface area contributed by atoms with Crippen molar-refractivity contribution in [2.75, 3.05) is 18.9 Å². The predicted molar refractivity (Wildman–Crippen MR) is 126 cm³/mol. The minimum atomic E-state index is -0.496. The summed E-state index contributed by atoms with van der Waals surface area (Å²) in [6.07, 6.45) is 8.63. The van der Waals surface area contributed by atoms with Crippen molar-refractivity contribution in [3.8, 4) is 0 Å². The first-order chi connectivity index (χ1) is 16.5. The SMILES string of the molecule is CCC(C(N)=O)n1cc(C2=COCC3=C4C2=CN=C(c2ccc5oc(N)nc5c2)N4CC3)cn1. The molecule has 0 aliphatic carbocycles. The van der Waals surface area contributed by atoms with Crippen molar-refractivity contribution in [1.29, 1.82) is 0 Å². The number of hydrogen-bond donors (Lipinski definition) is 2. The molecule has 2 aromatic heterocycles. The first-order valence-corrected chi connectivity index (χ1v) is 11.1. The maximum Gasteiger partial charge on any atom is 0.292 e. The van der Waals surface area contributed by atoms with Gasteiger partial charge in [-0.25, -0.2) is 4.99 Å². The van der Waals surface area contributed by atoms with Crippen molar-refractivity contribution in [3.63, 3.8) is 0 Å². The third-order valence-corrected chi connectivity index (χ3v) is 6.43. The Balaban J connectivity index is 1.42. The molecule has 1 aromatic carbocycles. The van der Waals surface area contributed by atoms with Gasteiger partial charge in [-0.2, -0.15) is 10.1 Å². The van der Waals surface area contributed by atoms with Crippen molar-refractivity contribution in [1.82, 2.24) is 19.7 Å². The summed E-state index contributed by atoms with van der Waals surface area (Å²) in [4.78, 5) is 23.1. The summed E-state index contributed by atoms with van der Waals surface area (Å²) in [5, 5.41) is 4.40. The van der Waals surface area contributed by atoms with Crippen LogP contribution in [0.25, 0.3) is 16.7 Å². The minimum absolute atomic E-state index is 0.143. The van der Waals surface area contributed by atoms with Gasteiger partial charge in [-0.1, -0.05) is 6.92 Å². The van der Waals surface area contributed by atoms with Gasteiger partial charge in [0.25, 0.3) is 6.01 Å². The number of rotatable bonds is 5. The van der Waals surface area contributed by atoms with Gasteiger partial charge < -0.3 is 25.5 Å². The van der Waals surface area contributed by atoms with Crippen LogP contribution >= 0.6 is 0 Å². The number of primary amides is 1. The number of carbonyl (C=O) groups excluding carboxylic acids is 1. The molecule has 1 amide bonds. The summed E-state index contributed by atoms with van der Waals surface area (Å²) in [6, 6.07) is 5.41. The molecule has 0 saturated heterocycles. The highest BCUT2D eigenvalue weighted by molar-refractivity contribution is 6.05. The second kappa shape index (κ2) is 7.62. The van der Waals surface area contributed by atoms with Gasteiger partial charge in [-0.15, -0.1) is 0 Å². The molecule has 10 nitrogen and oxygen atoms in total. The zero-order valence-electron chi connectivity index (χ0n) is 18.6. The van der Waals surface area contributed by atoms with Crippen LogP contribution in [0.1, 0.15) is 36.9 Å². The van der Waals surface area contributed by atoms with Crippen LogP contribution in [-0.2, 0) is 9.53 Å². The summed E-state index contributed by atoms with van der Waals surface area (Å²) >= 11 is 0. The molecule has 34 heavy (non-hydrogen) atoms. The minimum Gasteiger partial charge on any atom is -0.496 e. The average Bonchev–Trinajstić information content (AvgIpc) is 3.51. The Morgan fingerprint density at radius 1 is 1.26 bits per heavy atom. The van der Waals surface area contributed by atoms with E-state index in [1.165, 1.54) is 5.57 Å². The lowest BCUT2D eigenvalue weighted by Gasteiger charge is -2.29. The maximum absolute atomic E-state index is 11.8. The predicted octanol–water partition coefficient (Wildman–Crippen LogP) is 2.72. The van der Waals surface area contributed by atoms with Crippen LogP contribution in [0.15, 0.2) is 69.3 Å². The molecule has 3 aliphatic rings. The quantitative estimate of drug-likeness (QED) is 0.601. The molecule has 1 atom stereocenters. The van der Waals surface area contributed by atoms with E-state index in [4.69, 9.17) is 25.6 Å². The number of nitrogens with two attached hydrogens (primary N) is 2. The van der Waals surface area contributed by atoms with Gasteiger partial charge in [0.1, 0.15) is 24.0 Å². The second-order valence-electron chi connectivity index (χ2n) is 8.46. The fourth-order valence-electron chi connectivity index (χ4n) is 4.80. The molecule has 0 fully saturated rings. The van der Waals surface area contributed by atoms with E-state index in [9.17, 15) is 4.79 Å². The van der Waals surface area contributed by atoms with Crippen LogP contribution in [0.4, 0.5) is 6.01 Å². The third kappa shape index (κ3) is 3.10. The lowest BCUT2D eigenvalue weighted by atomic mass is 9.96. The van der Waals surface area contributed by atoms with Crippen LogP contribution in [0, 0.1) is 0 Å². The molecule has 0 saturated carbocycles. The first kappa shape index (κ1) is 20.3. The van der Waals surface area contributed by atoms with Crippen LogP contribution in [0.5, 0.6) is 0 Å². The van der Waals surface area contributed by atoms with Gasteiger partial charge >= 0.3 is 0 Å². The number of ether oxygens (including phenoxy) is 1. The van der Waals surface area contributed by atoms with E-state index in [2.05, 4.69) is 15.0 Å². The molecule has 3 aromatic rings. The number of hydrogen-bond acceptors (Lipinski definition) is 8. The second-order valence-corrected chi connectivity index (χ2v) is 8.46. The number of fused-ring (bicyclic) bond motifs is 1. The zero-order chi connectivity index (χ0) is 23.4. The molecule has 4 N–H and O–H groups in total. The normalized spacial score (nSPS) is 18.1. The Morgan fingerprint density at radius 2 is 2.15 bits per heavy atom. The molecule has 10 heteroatoms. The molecule has 6 rings (SSSR count). The van der Waals surface area contributed by atoms with Crippen LogP contribution < -0.4 is 11.5 Å². The van der Waals surface area contributed by atoms with Crippen molar-refractivity contribution in [2.45, 2.75) is 25.8 Å². The number of carbonyl (C=O) groups is 1. The van der Waals surface area contributed by atoms with E-state index in [0.717, 1.165) is 46.8 Å². The molecule has 3 aliphatic heterocycles. The number of aliphatic imine (C=N–C) groups is 1. The van der Waals surface area contributed by atoms with Gasteiger partial charge in [0.2, 0.25) is 5.91 Å². The van der Waals surface area contributed by atoms with Crippen molar-refractivity contribution >= 4 is 34.4 Å². The Labute approximate surface area is 194 Å². The lowest BCUT2D eigenvalue weighted by Crippen LogP contribution is -2.31. The van der Waals surface area contributed by atoms with Crippen LogP contribution in [0.2, 0.25) is 0 Å². The molecular formula is C24H23N7O3. The van der Waals surface area contributed by atoms with E-state index >= 15 is 0 Å². The number of nitrogen functional groups attached to an aromatic ring is 1. The van der Waals surface area contributed by atoms with E-state index in [1.54, 1.807) is 17.1 Å². The molecule has 172 valence electrons. The molecule has 5 heterocycles. The third-order valence-electron chi connectivity index (χ3n) is 6.43. The number of benzene rings is 1. The number of amidine groups is 1. The Bertz CT molecular complexity index is 1460. The van der Waals surface area contributed by atoms with E-state index in [0.29, 0.717) is 24.1 Å². The zero-order valence-corrected chi connectivity index (χ0v) is 18.6. The molecule has 0 radical (unpaired) electrons. The highest BCUT2D eigenvalue weighted by Crippen LogP contribution is 2.42. The van der Waals surface area contributed by atoms with E-state index < -0.39 is 11.9 Å². The van der Waals surface area contributed by atoms with Gasteiger partial charge in [0.15, 0.2) is 5.58 Å². The van der Waals surface area contributed by atoms with E-state index in [1.807, 2.05) is 37.5 Å². The number of nitrogens with zero attached hydrogens (tertiary/aromatic N) is 5. The van der Waals surface area contributed by atoms with Crippen molar-refractivity contribution in [3.05, 3.63) is 71.0 Å². The number of oxazole rings is 1. The largest absolute Gasteiger partial charge is 0.496 e. The Morgan fingerprint density at radius 3 is 2.97 bits per heavy atom. The van der Waals surface area contributed by atoms with Gasteiger partial charge in [0.05, 0.1) is 18.2 Å². The van der Waals surface area contributed by atoms with E-state index in [-0.39, 0.29) is 6.01 Å². The smallest absolute Gasteiger partial charge is 0.292 e. The topological polar surface area (TPSA) is 138 Å². The molecular weight excluding hydrogens is 434 g/mol. The standard InChI is InChI=1S/C24H23N7O3/c1-2-19(22(25)32)31-10-15(8-28-31)17-12-33-11-14-5-6-30-21(14)16(17)9-27-23(30)13-3-4-20-18(7-13)29-24(26)34-20/h3-4,7-10,12,19H,2,5-6,11H2,1H3,(H2,25,32)(H2,26,29). The molecule has 0 spiro atoms. The summed E-state index contributed by atoms with van der Waals surface area (Å²) < 4.78 is 12.9. The van der Waals surface area contributed by atoms with Crippen molar-refractivity contribution in [2.24, 2.45) is 10.7 Å². The number of aromatic nitrogens is 3. The lowest BCUT2D eigenvalue weighted by molar-refractivity contribution is -0.121.